The van der Waals surface area contributed by atoms with Gasteiger partial charge in [0, 0.05) is 26.7 Å². The lowest BCUT2D eigenvalue weighted by atomic mass is 9.96. The minimum absolute atomic E-state index is 0.0174. The molecule has 1 heterocycles. The van der Waals surface area contributed by atoms with Crippen molar-refractivity contribution in [1.29, 1.82) is 5.26 Å². The van der Waals surface area contributed by atoms with Crippen molar-refractivity contribution < 1.29 is 9.72 Å². The Balaban J connectivity index is 1.97. The van der Waals surface area contributed by atoms with Crippen LogP contribution in [0.3, 0.4) is 0 Å². The zero-order valence-electron chi connectivity index (χ0n) is 14.6. The van der Waals surface area contributed by atoms with Gasteiger partial charge in [-0.2, -0.15) is 5.26 Å². The fraction of sp³-hybridized carbons (Fsp3) is 0.529. The molecule has 1 N–H and O–H groups in total. The summed E-state index contributed by atoms with van der Waals surface area (Å²) in [6, 6.07) is 6.49. The number of carbonyl (C=O) groups excluding carboxylic acids is 1. The number of carbonyl (C=O) groups is 1. The lowest BCUT2D eigenvalue weighted by molar-refractivity contribution is -0.384. The largest absolute Gasteiger partial charge is 0.369 e. The van der Waals surface area contributed by atoms with Gasteiger partial charge in [-0.05, 0) is 44.0 Å². The maximum Gasteiger partial charge on any atom is 0.293 e. The smallest absolute Gasteiger partial charge is 0.293 e. The van der Waals surface area contributed by atoms with Gasteiger partial charge in [-0.25, -0.2) is 0 Å². The van der Waals surface area contributed by atoms with Gasteiger partial charge in [0.2, 0.25) is 5.91 Å². The van der Waals surface area contributed by atoms with Gasteiger partial charge in [-0.15, -0.1) is 0 Å². The van der Waals surface area contributed by atoms with E-state index in [1.807, 2.05) is 18.0 Å². The molecule has 0 saturated carbocycles. The predicted octanol–water partition coefficient (Wildman–Crippen LogP) is 1.36. The first-order valence-corrected chi connectivity index (χ1v) is 8.27. The number of piperidine rings is 1. The first kappa shape index (κ1) is 18.7. The summed E-state index contributed by atoms with van der Waals surface area (Å²) in [6.45, 7) is 2.82. The average molecular weight is 345 g/mol. The van der Waals surface area contributed by atoms with Crippen LogP contribution in [0.15, 0.2) is 18.2 Å². The van der Waals surface area contributed by atoms with E-state index < -0.39 is 4.92 Å². The molecular formula is C17H23N5O3. The first-order valence-electron chi connectivity index (χ1n) is 8.27. The summed E-state index contributed by atoms with van der Waals surface area (Å²) in [5.41, 5.74) is 0.766. The number of nitro benzene ring substituents is 1. The monoisotopic (exact) mass is 345 g/mol. The van der Waals surface area contributed by atoms with Crippen molar-refractivity contribution in [3.05, 3.63) is 33.9 Å². The number of likely N-dealkylation sites (N-methyl/N-ethyl adjacent to an activating group) is 1. The summed E-state index contributed by atoms with van der Waals surface area (Å²) in [4.78, 5) is 26.3. The van der Waals surface area contributed by atoms with Crippen LogP contribution < -0.4 is 10.2 Å². The lowest BCUT2D eigenvalue weighted by Gasteiger charge is -2.33. The highest BCUT2D eigenvalue weighted by molar-refractivity contribution is 5.77. The molecule has 0 atom stereocenters. The number of likely N-dealkylation sites (tertiary alicyclic amines) is 1. The van der Waals surface area contributed by atoms with Crippen LogP contribution >= 0.6 is 0 Å². The number of nitriles is 1. The van der Waals surface area contributed by atoms with Gasteiger partial charge < -0.3 is 10.2 Å². The van der Waals surface area contributed by atoms with E-state index in [9.17, 15) is 14.9 Å². The molecule has 1 fully saturated rings. The highest BCUT2D eigenvalue weighted by atomic mass is 16.6. The normalized spacial score (nSPS) is 15.4. The van der Waals surface area contributed by atoms with E-state index in [1.165, 1.54) is 6.07 Å². The third kappa shape index (κ3) is 4.90. The van der Waals surface area contributed by atoms with Crippen LogP contribution in [0.1, 0.15) is 18.4 Å². The molecule has 0 aliphatic carbocycles. The number of amides is 1. The number of anilines is 1. The van der Waals surface area contributed by atoms with E-state index >= 15 is 0 Å². The Morgan fingerprint density at radius 2 is 2.16 bits per heavy atom. The Morgan fingerprint density at radius 1 is 1.48 bits per heavy atom. The summed E-state index contributed by atoms with van der Waals surface area (Å²) in [6.07, 6.45) is 1.90. The van der Waals surface area contributed by atoms with Crippen LogP contribution in [0.25, 0.3) is 0 Å². The van der Waals surface area contributed by atoms with E-state index in [-0.39, 0.29) is 17.2 Å². The topological polar surface area (TPSA) is 103 Å². The lowest BCUT2D eigenvalue weighted by Crippen LogP contribution is -2.42. The Hall–Kier alpha value is -2.66. The maximum absolute atomic E-state index is 11.4. The first-order chi connectivity index (χ1) is 11.9. The minimum Gasteiger partial charge on any atom is -0.369 e. The Kier molecular flexibility index (Phi) is 6.31. The van der Waals surface area contributed by atoms with Gasteiger partial charge in [-0.3, -0.25) is 19.8 Å². The molecule has 0 radical (unpaired) electrons. The Morgan fingerprint density at radius 3 is 2.72 bits per heavy atom. The molecule has 0 bridgehead atoms. The van der Waals surface area contributed by atoms with Crippen molar-refractivity contribution in [3.63, 3.8) is 0 Å². The van der Waals surface area contributed by atoms with Crippen molar-refractivity contribution in [3.8, 4) is 6.07 Å². The molecule has 0 aromatic heterocycles. The van der Waals surface area contributed by atoms with Crippen molar-refractivity contribution in [2.24, 2.45) is 5.92 Å². The SMILES string of the molecule is CNC(=O)CN1CCC(CN(C)c2ccc(C#N)cc2[N+](=O)[O-])CC1. The van der Waals surface area contributed by atoms with Crippen LogP contribution in [-0.2, 0) is 4.79 Å². The van der Waals surface area contributed by atoms with Crippen molar-refractivity contribution in [2.45, 2.75) is 12.8 Å². The molecule has 2 rings (SSSR count). The van der Waals surface area contributed by atoms with Crippen LogP contribution in [0, 0.1) is 27.4 Å². The molecule has 1 aromatic rings. The second-order valence-electron chi connectivity index (χ2n) is 6.35. The molecule has 1 amide bonds. The number of hydrogen-bond acceptors (Lipinski definition) is 6. The Labute approximate surface area is 147 Å². The highest BCUT2D eigenvalue weighted by Crippen LogP contribution is 2.30. The third-order valence-electron chi connectivity index (χ3n) is 4.60. The molecule has 1 saturated heterocycles. The molecule has 1 aliphatic rings. The fourth-order valence-corrected chi connectivity index (χ4v) is 3.16. The summed E-state index contributed by atoms with van der Waals surface area (Å²) in [5.74, 6) is 0.435. The van der Waals surface area contributed by atoms with Gasteiger partial charge in [-0.1, -0.05) is 0 Å². The molecule has 0 unspecified atom stereocenters. The minimum atomic E-state index is -0.446. The van der Waals surface area contributed by atoms with E-state index in [0.717, 1.165) is 25.9 Å². The van der Waals surface area contributed by atoms with Crippen molar-refractivity contribution in [1.82, 2.24) is 10.2 Å². The van der Waals surface area contributed by atoms with E-state index in [0.29, 0.717) is 24.7 Å². The van der Waals surface area contributed by atoms with Gasteiger partial charge >= 0.3 is 0 Å². The highest BCUT2D eigenvalue weighted by Gasteiger charge is 2.24. The molecule has 1 aliphatic heterocycles. The summed E-state index contributed by atoms with van der Waals surface area (Å²) in [5, 5.41) is 22.8. The van der Waals surface area contributed by atoms with E-state index in [1.54, 1.807) is 19.2 Å². The second-order valence-corrected chi connectivity index (χ2v) is 6.35. The second kappa shape index (κ2) is 8.44. The zero-order chi connectivity index (χ0) is 18.4. The van der Waals surface area contributed by atoms with Crippen LogP contribution in [-0.4, -0.2) is 56.0 Å². The quantitative estimate of drug-likeness (QED) is 0.617. The number of nitro groups is 1. The maximum atomic E-state index is 11.4. The van der Waals surface area contributed by atoms with Gasteiger partial charge in [0.1, 0.15) is 5.69 Å². The van der Waals surface area contributed by atoms with E-state index in [2.05, 4.69) is 10.2 Å². The third-order valence-corrected chi connectivity index (χ3v) is 4.60. The zero-order valence-corrected chi connectivity index (χ0v) is 14.6. The molecule has 8 nitrogen and oxygen atoms in total. The van der Waals surface area contributed by atoms with Crippen LogP contribution in [0.4, 0.5) is 11.4 Å². The predicted molar refractivity (Wildman–Crippen MR) is 94.3 cm³/mol. The molecule has 25 heavy (non-hydrogen) atoms. The van der Waals surface area contributed by atoms with Crippen LogP contribution in [0.2, 0.25) is 0 Å². The molecule has 134 valence electrons. The fourth-order valence-electron chi connectivity index (χ4n) is 3.16. The molecular weight excluding hydrogens is 322 g/mol. The summed E-state index contributed by atoms with van der Waals surface area (Å²) < 4.78 is 0. The number of nitrogens with one attached hydrogen (secondary N) is 1. The van der Waals surface area contributed by atoms with Crippen molar-refractivity contribution >= 4 is 17.3 Å². The number of benzene rings is 1. The van der Waals surface area contributed by atoms with Crippen LogP contribution in [0.5, 0.6) is 0 Å². The Bertz CT molecular complexity index is 677. The summed E-state index contributed by atoms with van der Waals surface area (Å²) >= 11 is 0. The van der Waals surface area contributed by atoms with Gasteiger partial charge in [0.25, 0.3) is 5.69 Å². The average Bonchev–Trinajstić information content (AvgIpc) is 2.62. The standard InChI is InChI=1S/C17H23N5O3/c1-19-17(23)12-21-7-5-13(6-8-21)11-20(2)15-4-3-14(10-18)9-16(15)22(24)25/h3-4,9,13H,5-8,11-12H2,1-2H3,(H,19,23). The van der Waals surface area contributed by atoms with E-state index in [4.69, 9.17) is 5.26 Å². The number of hydrogen-bond donors (Lipinski definition) is 1. The van der Waals surface area contributed by atoms with Crippen molar-refractivity contribution in [2.75, 3.05) is 45.2 Å². The molecule has 1 aromatic carbocycles. The summed E-state index contributed by atoms with van der Waals surface area (Å²) in [7, 11) is 3.47. The van der Waals surface area contributed by atoms with Gasteiger partial charge in [0.05, 0.1) is 23.1 Å². The van der Waals surface area contributed by atoms with Gasteiger partial charge in [0.15, 0.2) is 0 Å². The molecule has 8 heteroatoms. The number of nitrogens with zero attached hydrogens (tertiary/aromatic N) is 4. The molecule has 0 spiro atoms. The number of rotatable bonds is 6.